The summed E-state index contributed by atoms with van der Waals surface area (Å²) >= 11 is 0. The number of benzene rings is 2. The van der Waals surface area contributed by atoms with E-state index in [9.17, 15) is 0 Å². The molecule has 0 aliphatic carbocycles. The Labute approximate surface area is 163 Å². The SMILES string of the molecule is Cc1ccccc1CCCN1CC[C@H]2[C@@H](C1)c1cccc3c1N2CCN3C. The van der Waals surface area contributed by atoms with Gasteiger partial charge in [0.25, 0.3) is 0 Å². The molecule has 142 valence electrons. The van der Waals surface area contributed by atoms with Gasteiger partial charge in [0.2, 0.25) is 0 Å². The van der Waals surface area contributed by atoms with Crippen LogP contribution in [0.1, 0.15) is 35.4 Å². The predicted octanol–water partition coefficient (Wildman–Crippen LogP) is 4.06. The van der Waals surface area contributed by atoms with Crippen LogP contribution in [0.2, 0.25) is 0 Å². The maximum Gasteiger partial charge on any atom is 0.0644 e. The van der Waals surface area contributed by atoms with Gasteiger partial charge in [0.15, 0.2) is 0 Å². The molecule has 1 saturated heterocycles. The lowest BCUT2D eigenvalue weighted by molar-refractivity contribution is 0.191. The van der Waals surface area contributed by atoms with Gasteiger partial charge in [0.05, 0.1) is 11.4 Å². The highest BCUT2D eigenvalue weighted by atomic mass is 15.3. The zero-order valence-electron chi connectivity index (χ0n) is 16.7. The predicted molar refractivity (Wildman–Crippen MR) is 114 cm³/mol. The molecule has 3 heterocycles. The van der Waals surface area contributed by atoms with Gasteiger partial charge in [0, 0.05) is 45.2 Å². The Morgan fingerprint density at radius 1 is 1.00 bits per heavy atom. The summed E-state index contributed by atoms with van der Waals surface area (Å²) in [5.41, 5.74) is 7.55. The van der Waals surface area contributed by atoms with E-state index in [1.54, 1.807) is 11.3 Å². The first-order valence-electron chi connectivity index (χ1n) is 10.6. The minimum absolute atomic E-state index is 0.693. The van der Waals surface area contributed by atoms with Crippen LogP contribution in [0, 0.1) is 6.92 Å². The van der Waals surface area contributed by atoms with Gasteiger partial charge >= 0.3 is 0 Å². The van der Waals surface area contributed by atoms with E-state index in [-0.39, 0.29) is 0 Å². The van der Waals surface area contributed by atoms with Gasteiger partial charge in [-0.05, 0) is 55.5 Å². The van der Waals surface area contributed by atoms with Crippen LogP contribution < -0.4 is 9.80 Å². The van der Waals surface area contributed by atoms with E-state index in [1.165, 1.54) is 62.3 Å². The molecule has 1 fully saturated rings. The molecule has 0 unspecified atom stereocenters. The minimum Gasteiger partial charge on any atom is -0.371 e. The third kappa shape index (κ3) is 2.93. The fraction of sp³-hybridized carbons (Fsp3) is 0.500. The van der Waals surface area contributed by atoms with Crippen LogP contribution >= 0.6 is 0 Å². The monoisotopic (exact) mass is 361 g/mol. The average Bonchev–Trinajstić information content (AvgIpc) is 3.01. The highest BCUT2D eigenvalue weighted by Crippen LogP contribution is 2.50. The first kappa shape index (κ1) is 17.1. The number of hydrogen-bond donors (Lipinski definition) is 0. The lowest BCUT2D eigenvalue weighted by Crippen LogP contribution is -2.49. The van der Waals surface area contributed by atoms with E-state index in [1.807, 2.05) is 0 Å². The summed E-state index contributed by atoms with van der Waals surface area (Å²) in [5, 5.41) is 0. The van der Waals surface area contributed by atoms with Crippen molar-refractivity contribution in [3.63, 3.8) is 0 Å². The van der Waals surface area contributed by atoms with Crippen molar-refractivity contribution < 1.29 is 0 Å². The summed E-state index contributed by atoms with van der Waals surface area (Å²) in [7, 11) is 2.24. The van der Waals surface area contributed by atoms with E-state index >= 15 is 0 Å². The van der Waals surface area contributed by atoms with Crippen molar-refractivity contribution in [1.82, 2.24) is 4.90 Å². The maximum atomic E-state index is 2.74. The first-order chi connectivity index (χ1) is 13.2. The Bertz CT molecular complexity index is 830. The molecule has 27 heavy (non-hydrogen) atoms. The van der Waals surface area contributed by atoms with Gasteiger partial charge in [-0.15, -0.1) is 0 Å². The Balaban J connectivity index is 1.28. The summed E-state index contributed by atoms with van der Waals surface area (Å²) in [4.78, 5) is 7.90. The Hall–Kier alpha value is -2.00. The number of rotatable bonds is 4. The van der Waals surface area contributed by atoms with Gasteiger partial charge in [-0.2, -0.15) is 0 Å². The highest BCUT2D eigenvalue weighted by Gasteiger charge is 2.44. The second-order valence-corrected chi connectivity index (χ2v) is 8.62. The maximum absolute atomic E-state index is 2.74. The molecule has 0 aromatic heterocycles. The van der Waals surface area contributed by atoms with Crippen LogP contribution in [-0.4, -0.2) is 50.7 Å². The fourth-order valence-corrected chi connectivity index (χ4v) is 5.56. The van der Waals surface area contributed by atoms with Crippen molar-refractivity contribution in [3.8, 4) is 0 Å². The van der Waals surface area contributed by atoms with E-state index in [0.29, 0.717) is 5.92 Å². The zero-order valence-corrected chi connectivity index (χ0v) is 16.7. The van der Waals surface area contributed by atoms with E-state index < -0.39 is 0 Å². The van der Waals surface area contributed by atoms with Gasteiger partial charge < -0.3 is 14.7 Å². The molecule has 0 spiro atoms. The van der Waals surface area contributed by atoms with Crippen molar-refractivity contribution in [3.05, 3.63) is 59.2 Å². The fourth-order valence-electron chi connectivity index (χ4n) is 5.56. The number of anilines is 2. The van der Waals surface area contributed by atoms with Gasteiger partial charge in [-0.25, -0.2) is 0 Å². The standard InChI is InChI=1S/C24H31N3/c1-18-7-3-4-8-19(18)9-6-13-26-14-12-22-21(17-26)20-10-5-11-23-24(20)27(22)16-15-25(23)2/h3-5,7-8,10-11,21-22H,6,9,12-17H2,1-2H3/t21-,22-/m0/s1. The third-order valence-electron chi connectivity index (χ3n) is 7.06. The van der Waals surface area contributed by atoms with Crippen LogP contribution in [0.3, 0.4) is 0 Å². The first-order valence-corrected chi connectivity index (χ1v) is 10.6. The number of likely N-dealkylation sites (N-methyl/N-ethyl adjacent to an activating group) is 1. The van der Waals surface area contributed by atoms with Crippen LogP contribution in [0.25, 0.3) is 0 Å². The summed E-state index contributed by atoms with van der Waals surface area (Å²) in [5.74, 6) is 0.693. The molecule has 3 nitrogen and oxygen atoms in total. The summed E-state index contributed by atoms with van der Waals surface area (Å²) in [6.07, 6.45) is 3.78. The van der Waals surface area contributed by atoms with Gasteiger partial charge in [0.1, 0.15) is 0 Å². The molecule has 2 aromatic carbocycles. The Kier molecular flexibility index (Phi) is 4.35. The zero-order chi connectivity index (χ0) is 18.4. The van der Waals surface area contributed by atoms with Crippen LogP contribution in [0.5, 0.6) is 0 Å². The number of aryl methyl sites for hydroxylation is 2. The smallest absolute Gasteiger partial charge is 0.0644 e. The van der Waals surface area contributed by atoms with Crippen molar-refractivity contribution >= 4 is 11.4 Å². The average molecular weight is 362 g/mol. The number of hydrogen-bond acceptors (Lipinski definition) is 3. The third-order valence-corrected chi connectivity index (χ3v) is 7.06. The molecule has 0 N–H and O–H groups in total. The number of piperidine rings is 1. The number of para-hydroxylation sites is 1. The molecule has 0 bridgehead atoms. The van der Waals surface area contributed by atoms with Crippen LogP contribution in [0.15, 0.2) is 42.5 Å². The molecular weight excluding hydrogens is 330 g/mol. The molecule has 0 amide bonds. The quantitative estimate of drug-likeness (QED) is 0.813. The molecular formula is C24H31N3. The largest absolute Gasteiger partial charge is 0.371 e. The second kappa shape index (κ2) is 6.87. The highest BCUT2D eigenvalue weighted by molar-refractivity contribution is 5.80. The van der Waals surface area contributed by atoms with Crippen molar-refractivity contribution in [1.29, 1.82) is 0 Å². The molecule has 5 rings (SSSR count). The summed E-state index contributed by atoms with van der Waals surface area (Å²) in [6, 6.07) is 16.5. The van der Waals surface area contributed by atoms with Gasteiger partial charge in [-0.1, -0.05) is 36.4 Å². The van der Waals surface area contributed by atoms with Crippen molar-refractivity contribution in [2.75, 3.05) is 49.6 Å². The Morgan fingerprint density at radius 3 is 2.78 bits per heavy atom. The number of likely N-dealkylation sites (tertiary alicyclic amines) is 1. The van der Waals surface area contributed by atoms with Crippen LogP contribution in [-0.2, 0) is 6.42 Å². The number of nitrogens with zero attached hydrogens (tertiary/aromatic N) is 3. The molecule has 2 aromatic rings. The number of fused-ring (bicyclic) bond motifs is 3. The van der Waals surface area contributed by atoms with Gasteiger partial charge in [-0.3, -0.25) is 0 Å². The van der Waals surface area contributed by atoms with E-state index in [2.05, 4.69) is 71.1 Å². The lowest BCUT2D eigenvalue weighted by Gasteiger charge is -2.41. The molecule has 3 aliphatic rings. The second-order valence-electron chi connectivity index (χ2n) is 8.62. The van der Waals surface area contributed by atoms with Crippen LogP contribution in [0.4, 0.5) is 11.4 Å². The molecule has 0 saturated carbocycles. The lowest BCUT2D eigenvalue weighted by atomic mass is 9.89. The molecule has 3 heteroatoms. The molecule has 3 aliphatic heterocycles. The topological polar surface area (TPSA) is 9.72 Å². The Morgan fingerprint density at radius 2 is 1.89 bits per heavy atom. The summed E-state index contributed by atoms with van der Waals surface area (Å²) in [6.45, 7) is 8.29. The van der Waals surface area contributed by atoms with Crippen molar-refractivity contribution in [2.24, 2.45) is 0 Å². The minimum atomic E-state index is 0.693. The van der Waals surface area contributed by atoms with Crippen molar-refractivity contribution in [2.45, 2.75) is 38.1 Å². The summed E-state index contributed by atoms with van der Waals surface area (Å²) < 4.78 is 0. The van der Waals surface area contributed by atoms with E-state index in [0.717, 1.165) is 12.6 Å². The molecule has 0 radical (unpaired) electrons. The normalized spacial score (nSPS) is 24.1. The molecule has 2 atom stereocenters. The van der Waals surface area contributed by atoms with E-state index in [4.69, 9.17) is 0 Å².